The smallest absolute Gasteiger partial charge is 0.225 e. The number of aliphatic carboxylic acids is 1. The average molecular weight is 360 g/mol. The van der Waals surface area contributed by atoms with Gasteiger partial charge in [0.15, 0.2) is 5.78 Å². The molecule has 1 N–H and O–H groups in total. The van der Waals surface area contributed by atoms with Crippen LogP contribution in [-0.4, -0.2) is 24.8 Å². The van der Waals surface area contributed by atoms with Crippen LogP contribution in [0, 0.1) is 0 Å². The van der Waals surface area contributed by atoms with Crippen LogP contribution in [0.5, 0.6) is 5.75 Å². The normalized spacial score (nSPS) is 10.3. The number of thiophene rings is 1. The van der Waals surface area contributed by atoms with Crippen LogP contribution in [0.4, 0.5) is 5.00 Å². The van der Waals surface area contributed by atoms with Crippen LogP contribution in [0.2, 0.25) is 0 Å². The van der Waals surface area contributed by atoms with Crippen LogP contribution in [0.1, 0.15) is 40.6 Å². The van der Waals surface area contributed by atoms with Gasteiger partial charge in [-0.3, -0.25) is 9.59 Å². The molecule has 0 fully saturated rings. The van der Waals surface area contributed by atoms with Gasteiger partial charge in [0.1, 0.15) is 10.8 Å². The number of benzene rings is 1. The lowest BCUT2D eigenvalue weighted by Crippen LogP contribution is -2.24. The fourth-order valence-corrected chi connectivity index (χ4v) is 3.19. The number of anilines is 1. The highest BCUT2D eigenvalue weighted by atomic mass is 32.1. The Hall–Kier alpha value is -2.67. The molecule has 132 valence electrons. The number of hydrogen-bond acceptors (Lipinski definition) is 6. The number of carbonyl (C=O) groups excluding carboxylic acids is 3. The van der Waals surface area contributed by atoms with E-state index in [1.165, 1.54) is 11.3 Å². The quantitative estimate of drug-likeness (QED) is 0.727. The monoisotopic (exact) mass is 360 g/mol. The first kappa shape index (κ1) is 18.7. The van der Waals surface area contributed by atoms with Crippen LogP contribution in [-0.2, 0) is 16.0 Å². The van der Waals surface area contributed by atoms with E-state index in [2.05, 4.69) is 5.32 Å². The van der Waals surface area contributed by atoms with Crippen molar-refractivity contribution in [2.24, 2.45) is 0 Å². The Morgan fingerprint density at radius 3 is 2.40 bits per heavy atom. The van der Waals surface area contributed by atoms with Crippen molar-refractivity contribution >= 4 is 34.0 Å². The first-order valence-corrected chi connectivity index (χ1v) is 8.57. The highest BCUT2D eigenvalue weighted by Gasteiger charge is 2.19. The van der Waals surface area contributed by atoms with Gasteiger partial charge in [0.2, 0.25) is 5.91 Å². The number of hydrogen-bond donors (Lipinski definition) is 1. The summed E-state index contributed by atoms with van der Waals surface area (Å²) < 4.78 is 5.08. The summed E-state index contributed by atoms with van der Waals surface area (Å²) in [5.41, 5.74) is 0.875. The number of carbonyl (C=O) groups is 3. The Kier molecular flexibility index (Phi) is 6.30. The molecular weight excluding hydrogens is 342 g/mol. The number of amides is 1. The lowest BCUT2D eigenvalue weighted by molar-refractivity contribution is -0.305. The number of ketones is 1. The maximum Gasteiger partial charge on any atom is 0.225 e. The van der Waals surface area contributed by atoms with E-state index >= 15 is 0 Å². The van der Waals surface area contributed by atoms with E-state index in [0.717, 1.165) is 11.3 Å². The Labute approximate surface area is 149 Å². The molecule has 0 bridgehead atoms. The van der Waals surface area contributed by atoms with E-state index in [-0.39, 0.29) is 18.6 Å². The second kappa shape index (κ2) is 8.43. The molecule has 0 aliphatic heterocycles. The van der Waals surface area contributed by atoms with Gasteiger partial charge in [-0.15, -0.1) is 11.3 Å². The van der Waals surface area contributed by atoms with Gasteiger partial charge in [-0.25, -0.2) is 0 Å². The molecule has 1 amide bonds. The molecule has 25 heavy (non-hydrogen) atoms. The second-order valence-electron chi connectivity index (χ2n) is 5.29. The van der Waals surface area contributed by atoms with Gasteiger partial charge < -0.3 is 20.0 Å². The van der Waals surface area contributed by atoms with Crippen molar-refractivity contribution in [1.82, 2.24) is 0 Å². The second-order valence-corrected chi connectivity index (χ2v) is 6.42. The predicted octanol–water partition coefficient (Wildman–Crippen LogP) is 2.02. The SMILES string of the molecule is CCc1cc(C(=O)c2ccc(OC)cc2)c(NC(=O)CCC(=O)[O-])s1. The Morgan fingerprint density at radius 1 is 1.16 bits per heavy atom. The van der Waals surface area contributed by atoms with Crippen molar-refractivity contribution in [3.63, 3.8) is 0 Å². The molecule has 1 heterocycles. The van der Waals surface area contributed by atoms with Crippen molar-refractivity contribution < 1.29 is 24.2 Å². The third kappa shape index (κ3) is 4.90. The molecule has 2 rings (SSSR count). The van der Waals surface area contributed by atoms with E-state index in [0.29, 0.717) is 21.9 Å². The van der Waals surface area contributed by atoms with Crippen LogP contribution in [0.25, 0.3) is 0 Å². The van der Waals surface area contributed by atoms with Gasteiger partial charge in [0, 0.05) is 22.8 Å². The lowest BCUT2D eigenvalue weighted by atomic mass is 10.0. The molecule has 0 atom stereocenters. The molecule has 2 aromatic rings. The van der Waals surface area contributed by atoms with Gasteiger partial charge in [0.05, 0.1) is 12.7 Å². The molecule has 0 spiro atoms. The highest BCUT2D eigenvalue weighted by Crippen LogP contribution is 2.31. The molecule has 0 saturated heterocycles. The van der Waals surface area contributed by atoms with Crippen molar-refractivity contribution in [2.45, 2.75) is 26.2 Å². The topological polar surface area (TPSA) is 95.5 Å². The maximum absolute atomic E-state index is 12.8. The zero-order chi connectivity index (χ0) is 18.4. The number of rotatable bonds is 8. The van der Waals surface area contributed by atoms with Crippen molar-refractivity contribution in [2.75, 3.05) is 12.4 Å². The molecule has 0 saturated carbocycles. The Bertz CT molecular complexity index is 779. The van der Waals surface area contributed by atoms with E-state index in [4.69, 9.17) is 4.74 Å². The minimum absolute atomic E-state index is 0.197. The first-order chi connectivity index (χ1) is 11.9. The third-order valence-electron chi connectivity index (χ3n) is 3.54. The highest BCUT2D eigenvalue weighted by molar-refractivity contribution is 7.16. The summed E-state index contributed by atoms with van der Waals surface area (Å²) in [5, 5.41) is 13.5. The summed E-state index contributed by atoms with van der Waals surface area (Å²) in [4.78, 5) is 36.1. The van der Waals surface area contributed by atoms with Crippen LogP contribution in [0.3, 0.4) is 0 Å². The number of carboxylic acid groups (broad SMARTS) is 1. The van der Waals surface area contributed by atoms with Gasteiger partial charge in [-0.2, -0.15) is 0 Å². The average Bonchev–Trinajstić information content (AvgIpc) is 3.02. The molecule has 0 aliphatic rings. The van der Waals surface area contributed by atoms with Crippen molar-refractivity contribution in [3.05, 3.63) is 46.3 Å². The van der Waals surface area contributed by atoms with E-state index in [1.54, 1.807) is 37.4 Å². The van der Waals surface area contributed by atoms with E-state index < -0.39 is 11.9 Å². The first-order valence-electron chi connectivity index (χ1n) is 7.75. The third-order valence-corrected chi connectivity index (χ3v) is 4.73. The van der Waals surface area contributed by atoms with Crippen LogP contribution >= 0.6 is 11.3 Å². The minimum atomic E-state index is -1.29. The fraction of sp³-hybridized carbons (Fsp3) is 0.278. The summed E-state index contributed by atoms with van der Waals surface area (Å²) >= 11 is 1.31. The zero-order valence-electron chi connectivity index (χ0n) is 14.0. The molecule has 6 nitrogen and oxygen atoms in total. The van der Waals surface area contributed by atoms with E-state index in [9.17, 15) is 19.5 Å². The molecular formula is C18H18NO5S-. The lowest BCUT2D eigenvalue weighted by Gasteiger charge is -2.07. The van der Waals surface area contributed by atoms with Gasteiger partial charge in [0.25, 0.3) is 0 Å². The summed E-state index contributed by atoms with van der Waals surface area (Å²) in [6.45, 7) is 1.95. The molecule has 1 aromatic heterocycles. The van der Waals surface area contributed by atoms with Gasteiger partial charge in [-0.1, -0.05) is 6.92 Å². The van der Waals surface area contributed by atoms with E-state index in [1.807, 2.05) is 6.92 Å². The number of methoxy groups -OCH3 is 1. The van der Waals surface area contributed by atoms with Crippen molar-refractivity contribution in [3.8, 4) is 5.75 Å². The van der Waals surface area contributed by atoms with Crippen LogP contribution < -0.4 is 15.2 Å². The summed E-state index contributed by atoms with van der Waals surface area (Å²) in [6, 6.07) is 8.46. The number of carboxylic acids is 1. The van der Waals surface area contributed by atoms with Crippen LogP contribution in [0.15, 0.2) is 30.3 Å². The molecule has 1 aromatic carbocycles. The number of nitrogens with one attached hydrogen (secondary N) is 1. The fourth-order valence-electron chi connectivity index (χ4n) is 2.18. The molecule has 7 heteroatoms. The number of aryl methyl sites for hydroxylation is 1. The predicted molar refractivity (Wildman–Crippen MR) is 93.0 cm³/mol. The molecule has 0 unspecified atom stereocenters. The zero-order valence-corrected chi connectivity index (χ0v) is 14.8. The van der Waals surface area contributed by atoms with Gasteiger partial charge >= 0.3 is 0 Å². The summed E-state index contributed by atoms with van der Waals surface area (Å²) in [7, 11) is 1.55. The Morgan fingerprint density at radius 2 is 1.84 bits per heavy atom. The summed E-state index contributed by atoms with van der Waals surface area (Å²) in [6.07, 6.45) is 0.167. The van der Waals surface area contributed by atoms with Crippen molar-refractivity contribution in [1.29, 1.82) is 0 Å². The molecule has 0 aliphatic carbocycles. The van der Waals surface area contributed by atoms with Gasteiger partial charge in [-0.05, 0) is 43.2 Å². The minimum Gasteiger partial charge on any atom is -0.550 e. The Balaban J connectivity index is 2.23. The number of ether oxygens (including phenoxy) is 1. The maximum atomic E-state index is 12.8. The summed E-state index contributed by atoms with van der Waals surface area (Å²) in [5.74, 6) is -1.32. The largest absolute Gasteiger partial charge is 0.550 e. The standard InChI is InChI=1S/C18H19NO5S/c1-3-13-10-14(17(23)11-4-6-12(24-2)7-5-11)18(25-13)19-15(20)8-9-16(21)22/h4-7,10H,3,8-9H2,1-2H3,(H,19,20)(H,21,22)/p-1. The molecule has 0 radical (unpaired) electrons.